The van der Waals surface area contributed by atoms with E-state index in [0.717, 1.165) is 17.1 Å². The van der Waals surface area contributed by atoms with Crippen molar-refractivity contribution in [3.8, 4) is 17.1 Å². The number of fused-ring (bicyclic) bond motifs is 1. The van der Waals surface area contributed by atoms with Gasteiger partial charge in [0.2, 0.25) is 0 Å². The Morgan fingerprint density at radius 3 is 2.74 bits per heavy atom. The topological polar surface area (TPSA) is 75.3 Å². The molecule has 1 aromatic carbocycles. The molecule has 0 bridgehead atoms. The maximum atomic E-state index is 11.0. The number of rotatable bonds is 2. The number of carbonyl (C=O) groups is 1. The van der Waals surface area contributed by atoms with Crippen LogP contribution in [-0.2, 0) is 17.8 Å². The molecule has 19 heavy (non-hydrogen) atoms. The van der Waals surface area contributed by atoms with Crippen molar-refractivity contribution in [2.24, 2.45) is 5.92 Å². The average Bonchev–Trinajstić information content (AvgIpc) is 2.82. The maximum Gasteiger partial charge on any atom is 0.306 e. The Hall–Kier alpha value is -2.30. The second kappa shape index (κ2) is 4.42. The van der Waals surface area contributed by atoms with E-state index >= 15 is 0 Å². The van der Waals surface area contributed by atoms with Crippen molar-refractivity contribution in [3.63, 3.8) is 0 Å². The van der Waals surface area contributed by atoms with Gasteiger partial charge in [-0.2, -0.15) is 0 Å². The molecule has 5 heteroatoms. The van der Waals surface area contributed by atoms with Gasteiger partial charge in [0.05, 0.1) is 5.92 Å². The van der Waals surface area contributed by atoms with E-state index in [0.29, 0.717) is 19.4 Å². The molecule has 0 spiro atoms. The van der Waals surface area contributed by atoms with E-state index in [1.807, 2.05) is 12.1 Å². The van der Waals surface area contributed by atoms with Crippen LogP contribution in [0.4, 0.5) is 0 Å². The van der Waals surface area contributed by atoms with Crippen molar-refractivity contribution in [2.45, 2.75) is 19.4 Å². The molecule has 1 aliphatic rings. The summed E-state index contributed by atoms with van der Waals surface area (Å²) in [6, 6.07) is 6.88. The molecule has 1 unspecified atom stereocenters. The van der Waals surface area contributed by atoms with Gasteiger partial charge in [-0.3, -0.25) is 4.79 Å². The zero-order chi connectivity index (χ0) is 13.4. The number of hydrogen-bond donors (Lipinski definition) is 2. The number of imidazole rings is 1. The van der Waals surface area contributed by atoms with Crippen LogP contribution in [0, 0.1) is 5.92 Å². The molecular formula is C14H14N2O3. The molecule has 2 N–H and O–H groups in total. The Balaban J connectivity index is 1.95. The third-order valence-corrected chi connectivity index (χ3v) is 3.57. The largest absolute Gasteiger partial charge is 0.508 e. The Kier molecular flexibility index (Phi) is 2.74. The maximum absolute atomic E-state index is 11.0. The number of carboxylic acid groups (broad SMARTS) is 1. The van der Waals surface area contributed by atoms with Gasteiger partial charge in [-0.15, -0.1) is 0 Å². The average molecular weight is 258 g/mol. The van der Waals surface area contributed by atoms with E-state index in [1.54, 1.807) is 18.3 Å². The molecule has 0 saturated heterocycles. The zero-order valence-corrected chi connectivity index (χ0v) is 10.3. The lowest BCUT2D eigenvalue weighted by atomic mass is 9.96. The lowest BCUT2D eigenvalue weighted by Crippen LogP contribution is -2.25. The van der Waals surface area contributed by atoms with Gasteiger partial charge in [-0.25, -0.2) is 4.98 Å². The smallest absolute Gasteiger partial charge is 0.306 e. The van der Waals surface area contributed by atoms with Crippen LogP contribution < -0.4 is 0 Å². The highest BCUT2D eigenvalue weighted by molar-refractivity contribution is 5.70. The van der Waals surface area contributed by atoms with E-state index in [-0.39, 0.29) is 11.7 Å². The molecule has 98 valence electrons. The fraction of sp³-hybridized carbons (Fsp3) is 0.286. The lowest BCUT2D eigenvalue weighted by molar-refractivity contribution is -0.142. The van der Waals surface area contributed by atoms with Crippen molar-refractivity contribution in [3.05, 3.63) is 36.2 Å². The number of phenolic OH excluding ortho intramolecular Hbond substituents is 1. The molecule has 0 amide bonds. The van der Waals surface area contributed by atoms with Crippen LogP contribution in [0.15, 0.2) is 30.5 Å². The van der Waals surface area contributed by atoms with Crippen LogP contribution in [0.2, 0.25) is 0 Å². The van der Waals surface area contributed by atoms with Crippen LogP contribution >= 0.6 is 0 Å². The number of aromatic hydroxyl groups is 1. The quantitative estimate of drug-likeness (QED) is 0.862. The fourth-order valence-electron chi connectivity index (χ4n) is 2.51. The molecule has 5 nitrogen and oxygen atoms in total. The van der Waals surface area contributed by atoms with Gasteiger partial charge in [-0.05, 0) is 30.7 Å². The van der Waals surface area contributed by atoms with E-state index in [2.05, 4.69) is 9.55 Å². The fourth-order valence-corrected chi connectivity index (χ4v) is 2.51. The molecule has 1 aliphatic heterocycles. The molecule has 3 rings (SSSR count). The van der Waals surface area contributed by atoms with Crippen molar-refractivity contribution in [1.29, 1.82) is 0 Å². The van der Waals surface area contributed by atoms with Gasteiger partial charge < -0.3 is 14.8 Å². The lowest BCUT2D eigenvalue weighted by Gasteiger charge is -2.22. The summed E-state index contributed by atoms with van der Waals surface area (Å²) in [6.45, 7) is 0.669. The molecular weight excluding hydrogens is 244 g/mol. The normalized spacial score (nSPS) is 18.0. The van der Waals surface area contributed by atoms with Crippen LogP contribution in [0.5, 0.6) is 5.75 Å². The molecule has 0 saturated carbocycles. The zero-order valence-electron chi connectivity index (χ0n) is 10.3. The molecule has 2 aromatic rings. The molecule has 0 aliphatic carbocycles. The van der Waals surface area contributed by atoms with Gasteiger partial charge in [0, 0.05) is 30.4 Å². The van der Waals surface area contributed by atoms with Gasteiger partial charge in [0.25, 0.3) is 0 Å². The Labute approximate surface area is 110 Å². The first-order chi connectivity index (χ1) is 9.15. The van der Waals surface area contributed by atoms with Crippen molar-refractivity contribution >= 4 is 5.97 Å². The summed E-state index contributed by atoms with van der Waals surface area (Å²) in [5, 5.41) is 18.4. The first-order valence-corrected chi connectivity index (χ1v) is 6.22. The third-order valence-electron chi connectivity index (χ3n) is 3.57. The highest BCUT2D eigenvalue weighted by Gasteiger charge is 2.26. The number of nitrogens with zero attached hydrogens (tertiary/aromatic N) is 2. The number of carboxylic acids is 1. The number of phenols is 1. The first-order valence-electron chi connectivity index (χ1n) is 6.22. The summed E-state index contributed by atoms with van der Waals surface area (Å²) in [7, 11) is 0. The summed E-state index contributed by atoms with van der Waals surface area (Å²) in [6.07, 6.45) is 2.90. The SMILES string of the molecule is O=C(O)C1CCn2c(cnc2-c2ccc(O)cc2)C1. The summed E-state index contributed by atoms with van der Waals surface area (Å²) in [4.78, 5) is 15.4. The molecule has 0 radical (unpaired) electrons. The third kappa shape index (κ3) is 2.07. The molecule has 1 aromatic heterocycles. The van der Waals surface area contributed by atoms with Crippen molar-refractivity contribution < 1.29 is 15.0 Å². The monoisotopic (exact) mass is 258 g/mol. The van der Waals surface area contributed by atoms with Gasteiger partial charge in [0.1, 0.15) is 11.6 Å². The summed E-state index contributed by atoms with van der Waals surface area (Å²) in [5.41, 5.74) is 1.89. The number of aromatic nitrogens is 2. The Morgan fingerprint density at radius 2 is 2.05 bits per heavy atom. The summed E-state index contributed by atoms with van der Waals surface area (Å²) in [5.74, 6) is 0.00875. The minimum atomic E-state index is -0.737. The van der Waals surface area contributed by atoms with Crippen LogP contribution in [0.25, 0.3) is 11.4 Å². The van der Waals surface area contributed by atoms with Crippen LogP contribution in [-0.4, -0.2) is 25.7 Å². The van der Waals surface area contributed by atoms with E-state index in [4.69, 9.17) is 5.11 Å². The number of benzene rings is 1. The van der Waals surface area contributed by atoms with E-state index < -0.39 is 5.97 Å². The number of hydrogen-bond acceptors (Lipinski definition) is 3. The molecule has 2 heterocycles. The Morgan fingerprint density at radius 1 is 1.32 bits per heavy atom. The minimum Gasteiger partial charge on any atom is -0.508 e. The van der Waals surface area contributed by atoms with Crippen molar-refractivity contribution in [2.75, 3.05) is 0 Å². The first kappa shape index (κ1) is 11.8. The highest BCUT2D eigenvalue weighted by Crippen LogP contribution is 2.28. The van der Waals surface area contributed by atoms with Crippen molar-refractivity contribution in [1.82, 2.24) is 9.55 Å². The van der Waals surface area contributed by atoms with E-state index in [9.17, 15) is 9.90 Å². The van der Waals surface area contributed by atoms with Crippen LogP contribution in [0.3, 0.4) is 0 Å². The number of aliphatic carboxylic acids is 1. The predicted octanol–water partition coefficient (Wildman–Crippen LogP) is 1.90. The van der Waals surface area contributed by atoms with Gasteiger partial charge in [-0.1, -0.05) is 0 Å². The second-order valence-corrected chi connectivity index (χ2v) is 4.80. The standard InChI is InChI=1S/C14H14N2O3/c17-12-3-1-9(2-4-12)13-15-8-11-7-10(14(18)19)5-6-16(11)13/h1-4,8,10,17H,5-7H2,(H,18,19). The van der Waals surface area contributed by atoms with Crippen LogP contribution in [0.1, 0.15) is 12.1 Å². The Bertz CT molecular complexity index is 616. The van der Waals surface area contributed by atoms with Gasteiger partial charge in [0.15, 0.2) is 0 Å². The second-order valence-electron chi connectivity index (χ2n) is 4.80. The summed E-state index contributed by atoms with van der Waals surface area (Å²) >= 11 is 0. The predicted molar refractivity (Wildman–Crippen MR) is 68.8 cm³/mol. The molecule has 1 atom stereocenters. The van der Waals surface area contributed by atoms with Gasteiger partial charge >= 0.3 is 5.97 Å². The minimum absolute atomic E-state index is 0.222. The highest BCUT2D eigenvalue weighted by atomic mass is 16.4. The molecule has 0 fully saturated rings. The summed E-state index contributed by atoms with van der Waals surface area (Å²) < 4.78 is 2.06. The van der Waals surface area contributed by atoms with E-state index in [1.165, 1.54) is 0 Å².